The van der Waals surface area contributed by atoms with E-state index in [1.165, 1.54) is 0 Å². The molecule has 0 bridgehead atoms. The van der Waals surface area contributed by atoms with Gasteiger partial charge in [0.05, 0.1) is 0 Å². The molecular weight excluding hydrogens is 326 g/mol. The molecule has 0 atom stereocenters. The van der Waals surface area contributed by atoms with Crippen molar-refractivity contribution in [3.05, 3.63) is 28.8 Å². The minimum atomic E-state index is -1.12. The highest BCUT2D eigenvalue weighted by molar-refractivity contribution is 6.31. The van der Waals surface area contributed by atoms with Gasteiger partial charge >= 0.3 is 0 Å². The molecule has 1 heterocycles. The lowest BCUT2D eigenvalue weighted by Crippen LogP contribution is -2.54. The van der Waals surface area contributed by atoms with E-state index in [0.29, 0.717) is 23.8 Å². The summed E-state index contributed by atoms with van der Waals surface area (Å²) in [4.78, 5) is 29.5. The average Bonchev–Trinajstić information content (AvgIpc) is 2.57. The average molecular weight is 352 g/mol. The Morgan fingerprint density at radius 2 is 1.83 bits per heavy atom. The van der Waals surface area contributed by atoms with Crippen molar-refractivity contribution >= 4 is 29.1 Å². The molecule has 0 radical (unpaired) electrons. The van der Waals surface area contributed by atoms with Gasteiger partial charge in [-0.3, -0.25) is 9.59 Å². The van der Waals surface area contributed by atoms with Gasteiger partial charge < -0.3 is 15.1 Å². The highest BCUT2D eigenvalue weighted by Gasteiger charge is 2.40. The molecule has 5 nitrogen and oxygen atoms in total. The summed E-state index contributed by atoms with van der Waals surface area (Å²) in [6.45, 7) is 11.4. The summed E-state index contributed by atoms with van der Waals surface area (Å²) >= 11 is 6.09. The maximum atomic E-state index is 12.8. The summed E-state index contributed by atoms with van der Waals surface area (Å²) < 4.78 is 0. The second-order valence-corrected chi connectivity index (χ2v) is 7.18. The molecule has 6 heteroatoms. The number of hydrogen-bond donors (Lipinski definition) is 1. The normalized spacial score (nSPS) is 16.1. The lowest BCUT2D eigenvalue weighted by atomic mass is 9.89. The van der Waals surface area contributed by atoms with E-state index in [1.54, 1.807) is 30.9 Å². The fourth-order valence-corrected chi connectivity index (χ4v) is 2.90. The molecule has 132 valence electrons. The highest BCUT2D eigenvalue weighted by atomic mass is 35.5. The lowest BCUT2D eigenvalue weighted by Gasteiger charge is -2.37. The van der Waals surface area contributed by atoms with E-state index >= 15 is 0 Å². The van der Waals surface area contributed by atoms with Crippen molar-refractivity contribution in [2.75, 3.05) is 38.0 Å². The van der Waals surface area contributed by atoms with E-state index in [9.17, 15) is 9.59 Å². The first-order valence-electron chi connectivity index (χ1n) is 8.35. The Hall–Kier alpha value is -1.59. The van der Waals surface area contributed by atoms with E-state index in [0.717, 1.165) is 25.2 Å². The number of likely N-dealkylation sites (N-methyl/N-ethyl adjacent to an activating group) is 1. The van der Waals surface area contributed by atoms with Crippen molar-refractivity contribution in [2.24, 2.45) is 5.41 Å². The van der Waals surface area contributed by atoms with E-state index in [-0.39, 0.29) is 11.8 Å². The van der Waals surface area contributed by atoms with Crippen LogP contribution in [-0.4, -0.2) is 54.3 Å². The highest BCUT2D eigenvalue weighted by Crippen LogP contribution is 2.25. The molecule has 0 aliphatic carbocycles. The minimum absolute atomic E-state index is 0.131. The molecule has 1 N–H and O–H groups in total. The van der Waals surface area contributed by atoms with Gasteiger partial charge in [0.1, 0.15) is 5.41 Å². The molecular formula is C18H26ClN3O2. The topological polar surface area (TPSA) is 52.7 Å². The van der Waals surface area contributed by atoms with Crippen LogP contribution in [0.4, 0.5) is 5.69 Å². The number of hydrogen-bond acceptors (Lipinski definition) is 3. The molecule has 1 saturated heterocycles. The Bertz CT molecular complexity index is 623. The van der Waals surface area contributed by atoms with Crippen LogP contribution in [0, 0.1) is 12.3 Å². The third-order valence-corrected chi connectivity index (χ3v) is 5.05. The quantitative estimate of drug-likeness (QED) is 0.849. The molecule has 2 amide bonds. The van der Waals surface area contributed by atoms with Crippen LogP contribution in [0.3, 0.4) is 0 Å². The van der Waals surface area contributed by atoms with Crippen LogP contribution in [0.1, 0.15) is 26.3 Å². The number of anilines is 1. The van der Waals surface area contributed by atoms with E-state index in [1.807, 2.05) is 13.0 Å². The molecule has 24 heavy (non-hydrogen) atoms. The minimum Gasteiger partial charge on any atom is -0.339 e. The molecule has 0 aromatic heterocycles. The van der Waals surface area contributed by atoms with E-state index in [2.05, 4.69) is 17.1 Å². The number of carbonyl (C=O) groups is 2. The Kier molecular flexibility index (Phi) is 5.88. The van der Waals surface area contributed by atoms with E-state index < -0.39 is 5.41 Å². The van der Waals surface area contributed by atoms with Crippen molar-refractivity contribution in [3.63, 3.8) is 0 Å². The van der Waals surface area contributed by atoms with Crippen LogP contribution in [-0.2, 0) is 9.59 Å². The smallest absolute Gasteiger partial charge is 0.239 e. The number of piperazine rings is 1. The monoisotopic (exact) mass is 351 g/mol. The number of amides is 2. The summed E-state index contributed by atoms with van der Waals surface area (Å²) in [6, 6.07) is 5.34. The Balaban J connectivity index is 2.03. The van der Waals surface area contributed by atoms with Crippen LogP contribution in [0.2, 0.25) is 5.02 Å². The van der Waals surface area contributed by atoms with Crippen LogP contribution in [0.25, 0.3) is 0 Å². The van der Waals surface area contributed by atoms with Gasteiger partial charge in [-0.2, -0.15) is 0 Å². The molecule has 0 saturated carbocycles. The summed E-state index contributed by atoms with van der Waals surface area (Å²) in [7, 11) is 0. The van der Waals surface area contributed by atoms with Crippen molar-refractivity contribution in [1.29, 1.82) is 0 Å². The number of nitrogens with zero attached hydrogens (tertiary/aromatic N) is 2. The maximum absolute atomic E-state index is 12.8. The SMILES string of the molecule is CCN1CCN(C(=O)C(C)(C)C(=O)Nc2ccc(C)c(Cl)c2)CC1. The van der Waals surface area contributed by atoms with Crippen LogP contribution in [0.15, 0.2) is 18.2 Å². The fraction of sp³-hybridized carbons (Fsp3) is 0.556. The Morgan fingerprint density at radius 3 is 2.38 bits per heavy atom. The number of benzene rings is 1. The summed E-state index contributed by atoms with van der Waals surface area (Å²) in [6.07, 6.45) is 0. The van der Waals surface area contributed by atoms with Gasteiger partial charge in [0, 0.05) is 36.9 Å². The number of aryl methyl sites for hydroxylation is 1. The van der Waals surface area contributed by atoms with Crippen LogP contribution >= 0.6 is 11.6 Å². The van der Waals surface area contributed by atoms with Gasteiger partial charge in [-0.15, -0.1) is 0 Å². The van der Waals surface area contributed by atoms with Crippen molar-refractivity contribution < 1.29 is 9.59 Å². The lowest BCUT2D eigenvalue weighted by molar-refractivity contribution is -0.147. The third kappa shape index (κ3) is 4.08. The molecule has 1 fully saturated rings. The van der Waals surface area contributed by atoms with Crippen LogP contribution in [0.5, 0.6) is 0 Å². The second-order valence-electron chi connectivity index (χ2n) is 6.77. The number of carbonyl (C=O) groups excluding carboxylic acids is 2. The summed E-state index contributed by atoms with van der Waals surface area (Å²) in [5.41, 5.74) is 0.428. The Morgan fingerprint density at radius 1 is 1.21 bits per heavy atom. The van der Waals surface area contributed by atoms with Crippen molar-refractivity contribution in [1.82, 2.24) is 9.80 Å². The zero-order valence-corrected chi connectivity index (χ0v) is 15.6. The zero-order valence-electron chi connectivity index (χ0n) is 14.9. The molecule has 1 aromatic rings. The second kappa shape index (κ2) is 7.53. The van der Waals surface area contributed by atoms with Gasteiger partial charge in [-0.05, 0) is 45.0 Å². The number of rotatable bonds is 4. The predicted molar refractivity (Wildman–Crippen MR) is 97.3 cm³/mol. The molecule has 1 aromatic carbocycles. The molecule has 2 rings (SSSR count). The summed E-state index contributed by atoms with van der Waals surface area (Å²) in [5.74, 6) is -0.445. The zero-order chi connectivity index (χ0) is 17.9. The van der Waals surface area contributed by atoms with Gasteiger partial charge in [-0.25, -0.2) is 0 Å². The van der Waals surface area contributed by atoms with Crippen LogP contribution < -0.4 is 5.32 Å². The first-order valence-corrected chi connectivity index (χ1v) is 8.73. The van der Waals surface area contributed by atoms with Crippen molar-refractivity contribution in [2.45, 2.75) is 27.7 Å². The van der Waals surface area contributed by atoms with E-state index in [4.69, 9.17) is 11.6 Å². The van der Waals surface area contributed by atoms with Crippen molar-refractivity contribution in [3.8, 4) is 0 Å². The standard InChI is InChI=1S/C18H26ClN3O2/c1-5-21-8-10-22(11-9-21)17(24)18(3,4)16(23)20-14-7-6-13(2)15(19)12-14/h6-7,12H,5,8-11H2,1-4H3,(H,20,23). The summed E-state index contributed by atoms with van der Waals surface area (Å²) in [5, 5.41) is 3.40. The molecule has 1 aliphatic rings. The number of nitrogens with one attached hydrogen (secondary N) is 1. The largest absolute Gasteiger partial charge is 0.339 e. The molecule has 0 unspecified atom stereocenters. The van der Waals surface area contributed by atoms with Gasteiger partial charge in [0.25, 0.3) is 0 Å². The van der Waals surface area contributed by atoms with Gasteiger partial charge in [-0.1, -0.05) is 24.6 Å². The predicted octanol–water partition coefficient (Wildman–Crippen LogP) is 2.78. The molecule has 1 aliphatic heterocycles. The first-order chi connectivity index (χ1) is 11.3. The maximum Gasteiger partial charge on any atom is 0.239 e. The molecule has 0 spiro atoms. The van der Waals surface area contributed by atoms with Gasteiger partial charge in [0.2, 0.25) is 11.8 Å². The Labute approximate surface area is 149 Å². The fourth-order valence-electron chi connectivity index (χ4n) is 2.72. The first kappa shape index (κ1) is 18.7. The van der Waals surface area contributed by atoms with Gasteiger partial charge in [0.15, 0.2) is 0 Å². The third-order valence-electron chi connectivity index (χ3n) is 4.64. The number of halogens is 1.